The molecule has 1 aromatic carbocycles. The Balaban J connectivity index is 1.81. The summed E-state index contributed by atoms with van der Waals surface area (Å²) < 4.78 is 41.1. The van der Waals surface area contributed by atoms with Gasteiger partial charge in [-0.15, -0.1) is 0 Å². The van der Waals surface area contributed by atoms with Gasteiger partial charge in [0.25, 0.3) is 12.3 Å². The van der Waals surface area contributed by atoms with Crippen LogP contribution in [0.3, 0.4) is 0 Å². The minimum Gasteiger partial charge on any atom is -0.378 e. The summed E-state index contributed by atoms with van der Waals surface area (Å²) in [5, 5.41) is 3.84. The Morgan fingerprint density at radius 2 is 1.79 bits per heavy atom. The first-order valence-corrected chi connectivity index (χ1v) is 11.3. The molecule has 1 fully saturated rings. The molecule has 0 radical (unpaired) electrons. The van der Waals surface area contributed by atoms with Crippen LogP contribution in [0.1, 0.15) is 59.4 Å². The summed E-state index contributed by atoms with van der Waals surface area (Å²) in [6, 6.07) is 6.94. The molecule has 0 spiro atoms. The van der Waals surface area contributed by atoms with Gasteiger partial charge >= 0.3 is 0 Å². The zero-order valence-corrected chi connectivity index (χ0v) is 19.7. The monoisotopic (exact) mass is 471 g/mol. The summed E-state index contributed by atoms with van der Waals surface area (Å²) in [7, 11) is 3.38. The number of anilines is 2. The minimum atomic E-state index is -2.90. The third-order valence-corrected chi connectivity index (χ3v) is 6.08. The van der Waals surface area contributed by atoms with E-state index in [4.69, 9.17) is 4.98 Å². The van der Waals surface area contributed by atoms with Crippen LogP contribution >= 0.6 is 0 Å². The number of carbonyl (C=O) groups excluding carboxylic acids is 1. The highest BCUT2D eigenvalue weighted by Gasteiger charge is 2.25. The highest BCUT2D eigenvalue weighted by molar-refractivity contribution is 6.04. The first kappa shape index (κ1) is 23.8. The van der Waals surface area contributed by atoms with Crippen LogP contribution in [0.2, 0.25) is 0 Å². The van der Waals surface area contributed by atoms with Gasteiger partial charge in [0.15, 0.2) is 5.65 Å². The molecule has 9 heteroatoms. The molecule has 180 valence electrons. The third kappa shape index (κ3) is 4.51. The van der Waals surface area contributed by atoms with Gasteiger partial charge in [-0.05, 0) is 38.8 Å². The molecule has 0 saturated carbocycles. The number of nitrogens with zero attached hydrogens (tertiary/aromatic N) is 4. The standard InChI is InChI=1S/C25H28F3N5O/c1-14-12-20(30-15(2)16-8-7-9-17(21(16)26)22(27)28)18-13-19(25(34)32(3)4)24(31-23(18)29-14)33-10-5-6-11-33/h7-9,12-13,15,22H,5-6,10-11H2,1-4H3,(H,29,30,31)/t15-/m1/s1. The van der Waals surface area contributed by atoms with Crippen LogP contribution < -0.4 is 10.2 Å². The van der Waals surface area contributed by atoms with E-state index in [0.29, 0.717) is 33.8 Å². The van der Waals surface area contributed by atoms with Crippen molar-refractivity contribution in [3.05, 3.63) is 58.5 Å². The second-order valence-electron chi connectivity index (χ2n) is 8.85. The Bertz CT molecular complexity index is 1220. The largest absolute Gasteiger partial charge is 0.378 e. The van der Waals surface area contributed by atoms with E-state index in [-0.39, 0.29) is 11.5 Å². The molecule has 6 nitrogen and oxygen atoms in total. The van der Waals surface area contributed by atoms with Gasteiger partial charge in [-0.25, -0.2) is 23.1 Å². The SMILES string of the molecule is Cc1cc(N[C@H](C)c2cccc(C(F)F)c2F)c2cc(C(=O)N(C)C)c(N3CCCC3)nc2n1. The number of amides is 1. The molecule has 2 aromatic heterocycles. The van der Waals surface area contributed by atoms with Crippen LogP contribution in [0.25, 0.3) is 11.0 Å². The van der Waals surface area contributed by atoms with Crippen LogP contribution in [-0.2, 0) is 0 Å². The first-order chi connectivity index (χ1) is 16.2. The van der Waals surface area contributed by atoms with Crippen molar-refractivity contribution >= 4 is 28.4 Å². The highest BCUT2D eigenvalue weighted by Crippen LogP contribution is 2.34. The van der Waals surface area contributed by atoms with E-state index >= 15 is 0 Å². The van der Waals surface area contributed by atoms with Crippen LogP contribution in [0.5, 0.6) is 0 Å². The maximum atomic E-state index is 14.8. The molecule has 34 heavy (non-hydrogen) atoms. The Morgan fingerprint density at radius 3 is 2.44 bits per heavy atom. The predicted octanol–water partition coefficient (Wildman–Crippen LogP) is 5.49. The number of rotatable bonds is 6. The number of halogens is 3. The van der Waals surface area contributed by atoms with E-state index in [0.717, 1.165) is 32.0 Å². The normalized spacial score (nSPS) is 14.6. The number of pyridine rings is 2. The van der Waals surface area contributed by atoms with Crippen LogP contribution in [0, 0.1) is 12.7 Å². The molecule has 1 aliphatic rings. The van der Waals surface area contributed by atoms with Gasteiger partial charge in [-0.3, -0.25) is 4.79 Å². The van der Waals surface area contributed by atoms with Crippen molar-refractivity contribution in [1.82, 2.24) is 14.9 Å². The number of nitrogens with one attached hydrogen (secondary N) is 1. The fourth-order valence-electron chi connectivity index (χ4n) is 4.33. The molecule has 3 aromatic rings. The first-order valence-electron chi connectivity index (χ1n) is 11.3. The summed E-state index contributed by atoms with van der Waals surface area (Å²) in [6.07, 6.45) is -0.835. The smallest absolute Gasteiger partial charge is 0.266 e. The van der Waals surface area contributed by atoms with Crippen molar-refractivity contribution in [2.24, 2.45) is 0 Å². The Morgan fingerprint density at radius 1 is 1.12 bits per heavy atom. The summed E-state index contributed by atoms with van der Waals surface area (Å²) in [5.74, 6) is -0.492. The van der Waals surface area contributed by atoms with Crippen molar-refractivity contribution < 1.29 is 18.0 Å². The summed E-state index contributed by atoms with van der Waals surface area (Å²) in [5.41, 5.74) is 1.73. The van der Waals surface area contributed by atoms with E-state index in [1.807, 2.05) is 6.92 Å². The van der Waals surface area contributed by atoms with Gasteiger partial charge in [0.1, 0.15) is 11.6 Å². The molecule has 4 rings (SSSR count). The molecular weight excluding hydrogens is 443 g/mol. The number of benzene rings is 1. The quantitative estimate of drug-likeness (QED) is 0.515. The minimum absolute atomic E-state index is 0.131. The Labute approximate surface area is 196 Å². The summed E-state index contributed by atoms with van der Waals surface area (Å²) >= 11 is 0. The van der Waals surface area contributed by atoms with E-state index in [2.05, 4.69) is 15.2 Å². The number of alkyl halides is 2. The van der Waals surface area contributed by atoms with Crippen molar-refractivity contribution in [3.63, 3.8) is 0 Å². The van der Waals surface area contributed by atoms with Crippen molar-refractivity contribution in [2.45, 2.75) is 39.2 Å². The topological polar surface area (TPSA) is 61.4 Å². The lowest BCUT2D eigenvalue weighted by Crippen LogP contribution is -2.27. The van der Waals surface area contributed by atoms with E-state index in [1.165, 1.54) is 17.0 Å². The molecule has 1 amide bonds. The molecule has 1 saturated heterocycles. The fraction of sp³-hybridized carbons (Fsp3) is 0.400. The molecule has 0 aliphatic carbocycles. The average molecular weight is 472 g/mol. The van der Waals surface area contributed by atoms with Gasteiger partial charge in [-0.2, -0.15) is 0 Å². The lowest BCUT2D eigenvalue weighted by Gasteiger charge is -2.23. The third-order valence-electron chi connectivity index (χ3n) is 6.08. The fourth-order valence-corrected chi connectivity index (χ4v) is 4.33. The number of hydrogen-bond donors (Lipinski definition) is 1. The van der Waals surface area contributed by atoms with E-state index in [1.54, 1.807) is 33.2 Å². The number of fused-ring (bicyclic) bond motifs is 1. The molecule has 1 atom stereocenters. The van der Waals surface area contributed by atoms with Gasteiger partial charge in [-0.1, -0.05) is 18.2 Å². The van der Waals surface area contributed by atoms with Crippen molar-refractivity contribution in [1.29, 1.82) is 0 Å². The molecular formula is C25H28F3N5O. The van der Waals surface area contributed by atoms with E-state index in [9.17, 15) is 18.0 Å². The lowest BCUT2D eigenvalue weighted by molar-refractivity contribution is 0.0828. The summed E-state index contributed by atoms with van der Waals surface area (Å²) in [4.78, 5) is 26.0. The average Bonchev–Trinajstić information content (AvgIpc) is 3.32. The number of aryl methyl sites for hydroxylation is 1. The number of aromatic nitrogens is 2. The van der Waals surface area contributed by atoms with Gasteiger partial charge in [0, 0.05) is 49.5 Å². The molecule has 1 N–H and O–H groups in total. The Kier molecular flexibility index (Phi) is 6.63. The van der Waals surface area contributed by atoms with Gasteiger partial charge in [0.2, 0.25) is 0 Å². The summed E-state index contributed by atoms with van der Waals surface area (Å²) in [6.45, 7) is 5.16. The molecule has 1 aliphatic heterocycles. The lowest BCUT2D eigenvalue weighted by atomic mass is 10.0. The maximum Gasteiger partial charge on any atom is 0.266 e. The zero-order chi connectivity index (χ0) is 24.6. The molecule has 3 heterocycles. The van der Waals surface area contributed by atoms with Gasteiger partial charge in [0.05, 0.1) is 17.2 Å². The van der Waals surface area contributed by atoms with Crippen LogP contribution in [0.4, 0.5) is 24.7 Å². The predicted molar refractivity (Wildman–Crippen MR) is 127 cm³/mol. The van der Waals surface area contributed by atoms with Crippen molar-refractivity contribution in [3.8, 4) is 0 Å². The number of carbonyl (C=O) groups is 1. The molecule has 0 unspecified atom stereocenters. The second kappa shape index (κ2) is 9.48. The number of hydrogen-bond acceptors (Lipinski definition) is 5. The second-order valence-corrected chi connectivity index (χ2v) is 8.85. The van der Waals surface area contributed by atoms with Crippen LogP contribution in [0.15, 0.2) is 30.3 Å². The van der Waals surface area contributed by atoms with Gasteiger partial charge < -0.3 is 15.1 Å². The van der Waals surface area contributed by atoms with E-state index < -0.39 is 23.8 Å². The molecule has 0 bridgehead atoms. The van der Waals surface area contributed by atoms with Crippen molar-refractivity contribution in [2.75, 3.05) is 37.4 Å². The Hall–Kier alpha value is -3.36. The van der Waals surface area contributed by atoms with Crippen LogP contribution in [-0.4, -0.2) is 48.0 Å². The maximum absolute atomic E-state index is 14.8. The zero-order valence-electron chi connectivity index (χ0n) is 19.7. The highest BCUT2D eigenvalue weighted by atomic mass is 19.3.